The number of aromatic nitrogens is 2. The maximum Gasteiger partial charge on any atom is 0.335 e. The van der Waals surface area contributed by atoms with Gasteiger partial charge in [-0.3, -0.25) is 4.79 Å². The molecule has 2 N–H and O–H groups in total. The zero-order valence-electron chi connectivity index (χ0n) is 15.3. The molecule has 0 saturated carbocycles. The zero-order chi connectivity index (χ0) is 20.0. The molecule has 1 amide bonds. The zero-order valence-corrected chi connectivity index (χ0v) is 16.0. The Bertz CT molecular complexity index is 1080. The van der Waals surface area contributed by atoms with Crippen molar-refractivity contribution in [3.8, 4) is 11.3 Å². The number of carbonyl (C=O) groups excluding carboxylic acids is 1. The first-order chi connectivity index (χ1) is 13.3. The van der Waals surface area contributed by atoms with Gasteiger partial charge in [-0.05, 0) is 44.2 Å². The molecular weight excluding hydrogens is 382 g/mol. The van der Waals surface area contributed by atoms with Gasteiger partial charge in [-0.25, -0.2) is 9.48 Å². The van der Waals surface area contributed by atoms with Gasteiger partial charge in [0, 0.05) is 23.6 Å². The third-order valence-electron chi connectivity index (χ3n) is 4.78. The molecule has 1 atom stereocenters. The van der Waals surface area contributed by atoms with Crippen LogP contribution in [0.3, 0.4) is 0 Å². The van der Waals surface area contributed by atoms with E-state index in [1.54, 1.807) is 23.0 Å². The average Bonchev–Trinajstić information content (AvgIpc) is 3.28. The Morgan fingerprint density at radius 2 is 2.14 bits per heavy atom. The van der Waals surface area contributed by atoms with Crippen LogP contribution in [-0.4, -0.2) is 26.8 Å². The van der Waals surface area contributed by atoms with Gasteiger partial charge in [-0.1, -0.05) is 11.6 Å². The van der Waals surface area contributed by atoms with Gasteiger partial charge in [0.05, 0.1) is 22.7 Å². The van der Waals surface area contributed by atoms with Gasteiger partial charge in [-0.15, -0.1) is 0 Å². The lowest BCUT2D eigenvalue weighted by Gasteiger charge is -2.23. The Labute approximate surface area is 165 Å². The summed E-state index contributed by atoms with van der Waals surface area (Å²) in [7, 11) is 0. The molecule has 7 nitrogen and oxygen atoms in total. The molecule has 3 heterocycles. The van der Waals surface area contributed by atoms with Crippen LogP contribution in [0, 0.1) is 0 Å². The SMILES string of the molecule is CC(C)n1ncc2c1NC(=O)C[C@H]2c1ccc(-c2cc(C(=O)O)ccc2Cl)o1. The number of anilines is 1. The van der Waals surface area contributed by atoms with Crippen LogP contribution >= 0.6 is 11.6 Å². The van der Waals surface area contributed by atoms with Crippen molar-refractivity contribution in [1.29, 1.82) is 0 Å². The number of carboxylic acids is 1. The summed E-state index contributed by atoms with van der Waals surface area (Å²) in [5, 5.41) is 16.9. The summed E-state index contributed by atoms with van der Waals surface area (Å²) in [5.74, 6) is 0.313. The molecule has 28 heavy (non-hydrogen) atoms. The number of nitrogens with zero attached hydrogens (tertiary/aromatic N) is 2. The predicted octanol–water partition coefficient (Wildman–Crippen LogP) is 4.55. The number of carbonyl (C=O) groups is 2. The molecule has 2 aromatic heterocycles. The summed E-state index contributed by atoms with van der Waals surface area (Å²) in [4.78, 5) is 23.5. The number of amides is 1. The predicted molar refractivity (Wildman–Crippen MR) is 104 cm³/mol. The molecular formula is C20H18ClN3O4. The Morgan fingerprint density at radius 1 is 1.36 bits per heavy atom. The van der Waals surface area contributed by atoms with E-state index < -0.39 is 5.97 Å². The monoisotopic (exact) mass is 399 g/mol. The number of fused-ring (bicyclic) bond motifs is 1. The lowest BCUT2D eigenvalue weighted by molar-refractivity contribution is -0.116. The molecule has 1 aromatic carbocycles. The lowest BCUT2D eigenvalue weighted by Crippen LogP contribution is -2.25. The highest BCUT2D eigenvalue weighted by Crippen LogP contribution is 2.40. The first-order valence-electron chi connectivity index (χ1n) is 8.85. The first kappa shape index (κ1) is 18.3. The van der Waals surface area contributed by atoms with E-state index in [0.29, 0.717) is 27.9 Å². The van der Waals surface area contributed by atoms with Crippen molar-refractivity contribution in [2.75, 3.05) is 5.32 Å². The van der Waals surface area contributed by atoms with Gasteiger partial charge in [0.15, 0.2) is 0 Å². The second kappa shape index (κ2) is 6.83. The number of carboxylic acid groups (broad SMARTS) is 1. The molecule has 0 fully saturated rings. The number of hydrogen-bond acceptors (Lipinski definition) is 4. The van der Waals surface area contributed by atoms with Crippen LogP contribution in [0.15, 0.2) is 40.9 Å². The Kier molecular flexibility index (Phi) is 4.47. The van der Waals surface area contributed by atoms with Gasteiger partial charge in [0.25, 0.3) is 0 Å². The summed E-state index contributed by atoms with van der Waals surface area (Å²) < 4.78 is 7.78. The van der Waals surface area contributed by atoms with Crippen molar-refractivity contribution < 1.29 is 19.1 Å². The highest BCUT2D eigenvalue weighted by Gasteiger charge is 2.32. The van der Waals surface area contributed by atoms with Crippen molar-refractivity contribution in [2.24, 2.45) is 0 Å². The minimum absolute atomic E-state index is 0.104. The minimum atomic E-state index is -1.04. The summed E-state index contributed by atoms with van der Waals surface area (Å²) in [6.07, 6.45) is 1.99. The van der Waals surface area contributed by atoms with E-state index in [-0.39, 0.29) is 29.9 Å². The van der Waals surface area contributed by atoms with E-state index >= 15 is 0 Å². The Morgan fingerprint density at radius 3 is 2.86 bits per heavy atom. The van der Waals surface area contributed by atoms with E-state index in [4.69, 9.17) is 16.0 Å². The van der Waals surface area contributed by atoms with Crippen molar-refractivity contribution in [3.05, 3.63) is 58.4 Å². The number of benzene rings is 1. The third-order valence-corrected chi connectivity index (χ3v) is 5.11. The summed E-state index contributed by atoms with van der Waals surface area (Å²) in [6.45, 7) is 3.98. The van der Waals surface area contributed by atoms with E-state index in [1.165, 1.54) is 18.2 Å². The van der Waals surface area contributed by atoms with E-state index in [9.17, 15) is 14.7 Å². The fourth-order valence-electron chi connectivity index (χ4n) is 3.42. The van der Waals surface area contributed by atoms with Crippen LogP contribution in [-0.2, 0) is 4.79 Å². The van der Waals surface area contributed by atoms with Crippen LogP contribution in [0.2, 0.25) is 5.02 Å². The van der Waals surface area contributed by atoms with Crippen LogP contribution in [0.1, 0.15) is 53.9 Å². The maximum atomic E-state index is 12.3. The van der Waals surface area contributed by atoms with Gasteiger partial charge in [-0.2, -0.15) is 5.10 Å². The van der Waals surface area contributed by atoms with Gasteiger partial charge >= 0.3 is 5.97 Å². The molecule has 0 aliphatic carbocycles. The van der Waals surface area contributed by atoms with E-state index in [0.717, 1.165) is 5.56 Å². The van der Waals surface area contributed by atoms with Crippen LogP contribution in [0.25, 0.3) is 11.3 Å². The second-order valence-corrected chi connectivity index (χ2v) is 7.40. The van der Waals surface area contributed by atoms with Crippen LogP contribution < -0.4 is 5.32 Å². The summed E-state index contributed by atoms with van der Waals surface area (Å²) in [6, 6.07) is 8.08. The standard InChI is InChI=1S/C20H18ClN3O4/c1-10(2)24-19-14(9-22-24)12(8-18(25)23-19)16-5-6-17(28-16)13-7-11(20(26)27)3-4-15(13)21/h3-7,9-10,12H,8H2,1-2H3,(H,23,25)(H,26,27)/t12-/m1/s1. The molecule has 3 aromatic rings. The van der Waals surface area contributed by atoms with Crippen molar-refractivity contribution in [3.63, 3.8) is 0 Å². The van der Waals surface area contributed by atoms with Crippen LogP contribution in [0.4, 0.5) is 5.82 Å². The fraction of sp³-hybridized carbons (Fsp3) is 0.250. The van der Waals surface area contributed by atoms with E-state index in [2.05, 4.69) is 10.4 Å². The smallest absolute Gasteiger partial charge is 0.335 e. The quantitative estimate of drug-likeness (QED) is 0.670. The number of halogens is 1. The summed E-state index contributed by atoms with van der Waals surface area (Å²) >= 11 is 6.24. The largest absolute Gasteiger partial charge is 0.478 e. The van der Waals surface area contributed by atoms with Gasteiger partial charge < -0.3 is 14.8 Å². The van der Waals surface area contributed by atoms with Crippen molar-refractivity contribution in [1.82, 2.24) is 9.78 Å². The maximum absolute atomic E-state index is 12.3. The number of furan rings is 1. The van der Waals surface area contributed by atoms with Gasteiger partial charge in [0.1, 0.15) is 17.3 Å². The molecule has 4 rings (SSSR count). The number of rotatable bonds is 4. The fourth-order valence-corrected chi connectivity index (χ4v) is 3.63. The minimum Gasteiger partial charge on any atom is -0.478 e. The van der Waals surface area contributed by atoms with E-state index in [1.807, 2.05) is 13.8 Å². The molecule has 1 aliphatic heterocycles. The Hall–Kier alpha value is -3.06. The number of nitrogens with one attached hydrogen (secondary N) is 1. The summed E-state index contributed by atoms with van der Waals surface area (Å²) in [5.41, 5.74) is 1.50. The van der Waals surface area contributed by atoms with Crippen molar-refractivity contribution >= 4 is 29.3 Å². The molecule has 0 saturated heterocycles. The van der Waals surface area contributed by atoms with Crippen LogP contribution in [0.5, 0.6) is 0 Å². The molecule has 8 heteroatoms. The normalized spacial score (nSPS) is 16.1. The molecule has 0 spiro atoms. The number of hydrogen-bond donors (Lipinski definition) is 2. The molecule has 1 aliphatic rings. The molecule has 144 valence electrons. The first-order valence-corrected chi connectivity index (χ1v) is 9.23. The topological polar surface area (TPSA) is 97.4 Å². The molecule has 0 bridgehead atoms. The second-order valence-electron chi connectivity index (χ2n) is 6.99. The average molecular weight is 400 g/mol. The van der Waals surface area contributed by atoms with Crippen molar-refractivity contribution in [2.45, 2.75) is 32.2 Å². The Balaban J connectivity index is 1.74. The lowest BCUT2D eigenvalue weighted by atomic mass is 9.92. The van der Waals surface area contributed by atoms with Gasteiger partial charge in [0.2, 0.25) is 5.91 Å². The highest BCUT2D eigenvalue weighted by molar-refractivity contribution is 6.33. The highest BCUT2D eigenvalue weighted by atomic mass is 35.5. The third kappa shape index (κ3) is 3.07. The molecule has 0 unspecified atom stereocenters. The number of aromatic carboxylic acids is 1. The molecule has 0 radical (unpaired) electrons.